The highest BCUT2D eigenvalue weighted by atomic mass is 127. The summed E-state index contributed by atoms with van der Waals surface area (Å²) in [6.07, 6.45) is 6.40. The van der Waals surface area contributed by atoms with Crippen molar-refractivity contribution in [3.63, 3.8) is 0 Å². The van der Waals surface area contributed by atoms with Gasteiger partial charge in [-0.3, -0.25) is 0 Å². The Morgan fingerprint density at radius 2 is 1.86 bits per heavy atom. The minimum absolute atomic E-state index is 0. The maximum absolute atomic E-state index is 3.24. The first-order valence-corrected chi connectivity index (χ1v) is 6.94. The molecule has 0 aliphatic carbocycles. The van der Waals surface area contributed by atoms with Crippen LogP contribution in [0.3, 0.4) is 0 Å². The number of nitrogens with one attached hydrogen (secondary N) is 2. The molecule has 2 aromatic rings. The van der Waals surface area contributed by atoms with E-state index in [4.69, 9.17) is 0 Å². The summed E-state index contributed by atoms with van der Waals surface area (Å²) < 4.78 is 2.22. The summed E-state index contributed by atoms with van der Waals surface area (Å²) in [7, 11) is 3.87. The van der Waals surface area contributed by atoms with Gasteiger partial charge in [-0.2, -0.15) is 4.57 Å². The zero-order valence-corrected chi connectivity index (χ0v) is 14.9. The van der Waals surface area contributed by atoms with Crippen molar-refractivity contribution in [3.8, 4) is 0 Å². The van der Waals surface area contributed by atoms with Gasteiger partial charge in [-0.1, -0.05) is 6.07 Å². The first kappa shape index (κ1) is 17.5. The molecule has 1 heterocycles. The van der Waals surface area contributed by atoms with Crippen LogP contribution in [0.4, 0.5) is 11.4 Å². The van der Waals surface area contributed by atoms with E-state index in [2.05, 4.69) is 76.9 Å². The molecule has 0 bridgehead atoms. The van der Waals surface area contributed by atoms with Gasteiger partial charge in [0.15, 0.2) is 6.20 Å². The fraction of sp³-hybridized carbons (Fsp3) is 0.235. The van der Waals surface area contributed by atoms with E-state index in [1.165, 1.54) is 11.3 Å². The van der Waals surface area contributed by atoms with E-state index in [1.807, 2.05) is 14.1 Å². The Morgan fingerprint density at radius 3 is 2.52 bits per heavy atom. The average Bonchev–Trinajstić information content (AvgIpc) is 2.52. The minimum Gasteiger partial charge on any atom is -1.00 e. The van der Waals surface area contributed by atoms with Crippen LogP contribution in [0, 0.1) is 0 Å². The Balaban J connectivity index is 0.00000220. The molecule has 2 rings (SSSR count). The van der Waals surface area contributed by atoms with Crippen LogP contribution in [0.15, 0.2) is 42.6 Å². The van der Waals surface area contributed by atoms with E-state index >= 15 is 0 Å². The van der Waals surface area contributed by atoms with Gasteiger partial charge in [0.1, 0.15) is 6.54 Å². The molecule has 1 aromatic carbocycles. The van der Waals surface area contributed by atoms with E-state index < -0.39 is 0 Å². The predicted octanol–water partition coefficient (Wildman–Crippen LogP) is 0.252. The van der Waals surface area contributed by atoms with Gasteiger partial charge in [-0.25, -0.2) is 0 Å². The van der Waals surface area contributed by atoms with E-state index in [0.717, 1.165) is 17.9 Å². The van der Waals surface area contributed by atoms with Crippen molar-refractivity contribution < 1.29 is 28.5 Å². The Labute approximate surface area is 144 Å². The highest BCUT2D eigenvalue weighted by Crippen LogP contribution is 2.22. The summed E-state index contributed by atoms with van der Waals surface area (Å²) in [5.41, 5.74) is 4.61. The molecule has 0 atom stereocenters. The van der Waals surface area contributed by atoms with Gasteiger partial charge in [0.05, 0.1) is 0 Å². The summed E-state index contributed by atoms with van der Waals surface area (Å²) in [5.74, 6) is 0. The monoisotopic (exact) mass is 395 g/mol. The molecule has 0 fully saturated rings. The number of benzene rings is 1. The molecule has 0 radical (unpaired) electrons. The molecule has 4 heteroatoms. The van der Waals surface area contributed by atoms with Crippen molar-refractivity contribution in [2.75, 3.05) is 24.7 Å². The number of halogens is 1. The largest absolute Gasteiger partial charge is 1.00 e. The van der Waals surface area contributed by atoms with Gasteiger partial charge in [0.25, 0.3) is 0 Å². The third-order valence-electron chi connectivity index (χ3n) is 3.36. The minimum atomic E-state index is 0. The third-order valence-corrected chi connectivity index (χ3v) is 3.36. The molecule has 3 nitrogen and oxygen atoms in total. The molecule has 0 saturated carbocycles. The highest BCUT2D eigenvalue weighted by Gasteiger charge is 2.04. The normalized spacial score (nSPS) is 10.2. The average molecular weight is 395 g/mol. The van der Waals surface area contributed by atoms with Crippen LogP contribution in [0.2, 0.25) is 0 Å². The van der Waals surface area contributed by atoms with Crippen molar-refractivity contribution in [2.45, 2.75) is 13.5 Å². The van der Waals surface area contributed by atoms with Crippen molar-refractivity contribution in [1.82, 2.24) is 0 Å². The summed E-state index contributed by atoms with van der Waals surface area (Å²) in [6.45, 7) is 3.12. The number of hydrogen-bond donors (Lipinski definition) is 2. The fourth-order valence-electron chi connectivity index (χ4n) is 2.18. The van der Waals surface area contributed by atoms with Crippen LogP contribution in [-0.2, 0) is 6.54 Å². The van der Waals surface area contributed by atoms with Gasteiger partial charge in [-0.15, -0.1) is 0 Å². The molecule has 0 aliphatic rings. The van der Waals surface area contributed by atoms with Crippen LogP contribution in [0.5, 0.6) is 0 Å². The van der Waals surface area contributed by atoms with E-state index in [0.29, 0.717) is 0 Å². The van der Waals surface area contributed by atoms with E-state index in [9.17, 15) is 0 Å². The van der Waals surface area contributed by atoms with Crippen LogP contribution in [-0.4, -0.2) is 14.1 Å². The maximum Gasteiger partial charge on any atom is 0.205 e. The highest BCUT2D eigenvalue weighted by molar-refractivity contribution is 5.77. The standard InChI is InChI=1S/C17H21N3.HI/c1-4-20-12-6-5-7-16(20)11-9-14-8-10-15(18-2)13-17(14)19-3;/h5-13H,4H2,1-3H3,(H,18,19);1H. The lowest BCUT2D eigenvalue weighted by molar-refractivity contribution is -0.695. The lowest BCUT2D eigenvalue weighted by Crippen LogP contribution is -3.00. The van der Waals surface area contributed by atoms with Gasteiger partial charge >= 0.3 is 0 Å². The summed E-state index contributed by atoms with van der Waals surface area (Å²) in [5, 5.41) is 6.39. The molecule has 0 unspecified atom stereocenters. The van der Waals surface area contributed by atoms with Crippen LogP contribution in [0.25, 0.3) is 12.2 Å². The summed E-state index contributed by atoms with van der Waals surface area (Å²) >= 11 is 0. The fourth-order valence-corrected chi connectivity index (χ4v) is 2.18. The molecule has 0 saturated heterocycles. The molecule has 112 valence electrons. The van der Waals surface area contributed by atoms with Crippen molar-refractivity contribution in [2.24, 2.45) is 0 Å². The van der Waals surface area contributed by atoms with Gasteiger partial charge in [0.2, 0.25) is 5.69 Å². The first-order chi connectivity index (χ1) is 9.78. The summed E-state index contributed by atoms with van der Waals surface area (Å²) in [6, 6.07) is 12.6. The second kappa shape index (κ2) is 8.67. The van der Waals surface area contributed by atoms with Crippen LogP contribution in [0.1, 0.15) is 18.2 Å². The third kappa shape index (κ3) is 4.46. The molecule has 21 heavy (non-hydrogen) atoms. The van der Waals surface area contributed by atoms with Crippen LogP contribution < -0.4 is 39.2 Å². The lowest BCUT2D eigenvalue weighted by Gasteiger charge is -2.08. The number of anilines is 2. The Hall–Kier alpha value is -1.56. The smallest absolute Gasteiger partial charge is 0.205 e. The zero-order chi connectivity index (χ0) is 14.4. The molecule has 1 aromatic heterocycles. The van der Waals surface area contributed by atoms with Crippen molar-refractivity contribution >= 4 is 23.5 Å². The van der Waals surface area contributed by atoms with Crippen molar-refractivity contribution in [3.05, 3.63) is 53.9 Å². The SMILES string of the molecule is CC[n+]1ccccc1C=Cc1ccc(NC)cc1NC.[I-]. The molecule has 0 spiro atoms. The van der Waals surface area contributed by atoms with Crippen LogP contribution >= 0.6 is 0 Å². The number of aromatic nitrogens is 1. The molecule has 0 amide bonds. The lowest BCUT2D eigenvalue weighted by atomic mass is 10.1. The Morgan fingerprint density at radius 1 is 1.05 bits per heavy atom. The van der Waals surface area contributed by atoms with E-state index in [1.54, 1.807) is 0 Å². The number of nitrogens with zero attached hydrogens (tertiary/aromatic N) is 1. The molecule has 2 N–H and O–H groups in total. The van der Waals surface area contributed by atoms with Crippen molar-refractivity contribution in [1.29, 1.82) is 0 Å². The van der Waals surface area contributed by atoms with E-state index in [-0.39, 0.29) is 24.0 Å². The predicted molar refractivity (Wildman–Crippen MR) is 86.8 cm³/mol. The second-order valence-electron chi connectivity index (χ2n) is 4.55. The van der Waals surface area contributed by atoms with Gasteiger partial charge < -0.3 is 34.6 Å². The zero-order valence-electron chi connectivity index (χ0n) is 12.7. The number of rotatable bonds is 5. The summed E-state index contributed by atoms with van der Waals surface area (Å²) in [4.78, 5) is 0. The molecular weight excluding hydrogens is 373 g/mol. The number of pyridine rings is 1. The first-order valence-electron chi connectivity index (χ1n) is 6.94. The van der Waals surface area contributed by atoms with Gasteiger partial charge in [0, 0.05) is 43.7 Å². The quantitative estimate of drug-likeness (QED) is 0.562. The topological polar surface area (TPSA) is 27.9 Å². The van der Waals surface area contributed by atoms with Gasteiger partial charge in [-0.05, 0) is 36.8 Å². The number of aryl methyl sites for hydroxylation is 1. The number of hydrogen-bond acceptors (Lipinski definition) is 2. The molecule has 0 aliphatic heterocycles. The second-order valence-corrected chi connectivity index (χ2v) is 4.55. The maximum atomic E-state index is 3.24. The Kier molecular flexibility index (Phi) is 7.22. The Bertz CT molecular complexity index is 609. The molecular formula is C17H22IN3.